The Balaban J connectivity index is 1.55. The monoisotopic (exact) mass is 400 g/mol. The van der Waals surface area contributed by atoms with Crippen molar-refractivity contribution in [1.29, 1.82) is 0 Å². The Hall–Kier alpha value is -1.44. The predicted molar refractivity (Wildman–Crippen MR) is 125 cm³/mol. The molecule has 0 saturated heterocycles. The highest BCUT2D eigenvalue weighted by atomic mass is 16.5. The summed E-state index contributed by atoms with van der Waals surface area (Å²) in [5.74, 6) is 3.61. The van der Waals surface area contributed by atoms with Crippen molar-refractivity contribution in [3.8, 4) is 11.5 Å². The summed E-state index contributed by atoms with van der Waals surface area (Å²) in [5.41, 5.74) is 0. The van der Waals surface area contributed by atoms with Gasteiger partial charge in [0.25, 0.3) is 0 Å². The summed E-state index contributed by atoms with van der Waals surface area (Å²) in [4.78, 5) is 0. The number of ether oxygens (including phenoxy) is 2. The zero-order chi connectivity index (χ0) is 20.6. The third kappa shape index (κ3) is 10.8. The molecule has 1 aromatic rings. The van der Waals surface area contributed by atoms with E-state index >= 15 is 0 Å². The third-order valence-corrected chi connectivity index (χ3v) is 6.20. The van der Waals surface area contributed by atoms with Crippen molar-refractivity contribution in [2.24, 2.45) is 11.8 Å². The molecule has 0 bridgehead atoms. The summed E-state index contributed by atoms with van der Waals surface area (Å²) >= 11 is 0. The van der Waals surface area contributed by atoms with E-state index in [0.29, 0.717) is 6.61 Å². The minimum atomic E-state index is 0.661. The van der Waals surface area contributed by atoms with Crippen LogP contribution in [0.3, 0.4) is 0 Å². The van der Waals surface area contributed by atoms with Gasteiger partial charge in [0.15, 0.2) is 0 Å². The molecule has 2 rings (SSSR count). The zero-order valence-electron chi connectivity index (χ0n) is 19.0. The van der Waals surface area contributed by atoms with Gasteiger partial charge in [-0.1, -0.05) is 77.4 Å². The standard InChI is InChI=1S/C27H44O2/c1-3-5-7-8-10-22-28-26-18-20-27(21-19-26)29-23-11-13-25-16-14-24(15-17-25)12-9-6-4-2/h11,13,18-21,24-25H,3-10,12,14-17,22-23H2,1-2H3. The van der Waals surface area contributed by atoms with Crippen LogP contribution < -0.4 is 9.47 Å². The Morgan fingerprint density at radius 2 is 1.38 bits per heavy atom. The van der Waals surface area contributed by atoms with Gasteiger partial charge in [-0.3, -0.25) is 0 Å². The molecule has 1 fully saturated rings. The van der Waals surface area contributed by atoms with Gasteiger partial charge in [-0.15, -0.1) is 0 Å². The van der Waals surface area contributed by atoms with Crippen LogP contribution in [0.2, 0.25) is 0 Å². The summed E-state index contributed by atoms with van der Waals surface area (Å²) in [6, 6.07) is 8.07. The average Bonchev–Trinajstić information content (AvgIpc) is 2.76. The molecule has 0 unspecified atom stereocenters. The maximum Gasteiger partial charge on any atom is 0.120 e. The van der Waals surface area contributed by atoms with Crippen LogP contribution in [0.25, 0.3) is 0 Å². The summed E-state index contributed by atoms with van der Waals surface area (Å²) in [5, 5.41) is 0. The highest BCUT2D eigenvalue weighted by Crippen LogP contribution is 2.32. The molecule has 0 heterocycles. The molecule has 0 radical (unpaired) electrons. The Kier molecular flexibility index (Phi) is 12.7. The molecule has 29 heavy (non-hydrogen) atoms. The van der Waals surface area contributed by atoms with Crippen LogP contribution in [-0.4, -0.2) is 13.2 Å². The quantitative estimate of drug-likeness (QED) is 0.217. The lowest BCUT2D eigenvalue weighted by atomic mass is 9.79. The SMILES string of the molecule is CCCCCCCOc1ccc(OCC=CC2CCC(CCCCC)CC2)cc1. The van der Waals surface area contributed by atoms with Crippen molar-refractivity contribution in [2.45, 2.75) is 97.3 Å². The van der Waals surface area contributed by atoms with E-state index < -0.39 is 0 Å². The van der Waals surface area contributed by atoms with Crippen molar-refractivity contribution < 1.29 is 9.47 Å². The normalized spacial score (nSPS) is 19.5. The summed E-state index contributed by atoms with van der Waals surface area (Å²) in [7, 11) is 0. The molecule has 1 aromatic carbocycles. The number of allylic oxidation sites excluding steroid dienone is 1. The van der Waals surface area contributed by atoms with E-state index in [1.54, 1.807) is 0 Å². The fourth-order valence-corrected chi connectivity index (χ4v) is 4.27. The Labute approximate surface area is 180 Å². The first-order chi connectivity index (χ1) is 14.3. The number of hydrogen-bond donors (Lipinski definition) is 0. The molecule has 0 amide bonds. The van der Waals surface area contributed by atoms with Crippen LogP contribution in [0.4, 0.5) is 0 Å². The topological polar surface area (TPSA) is 18.5 Å². The van der Waals surface area contributed by atoms with Gasteiger partial charge >= 0.3 is 0 Å². The van der Waals surface area contributed by atoms with Gasteiger partial charge in [0.2, 0.25) is 0 Å². The van der Waals surface area contributed by atoms with Gasteiger partial charge in [-0.2, -0.15) is 0 Å². The van der Waals surface area contributed by atoms with Gasteiger partial charge in [-0.05, 0) is 68.2 Å². The van der Waals surface area contributed by atoms with Crippen LogP contribution in [0.5, 0.6) is 11.5 Å². The van der Waals surface area contributed by atoms with Gasteiger partial charge < -0.3 is 9.47 Å². The zero-order valence-corrected chi connectivity index (χ0v) is 19.0. The molecule has 2 nitrogen and oxygen atoms in total. The van der Waals surface area contributed by atoms with Crippen LogP contribution in [0, 0.1) is 11.8 Å². The summed E-state index contributed by atoms with van der Waals surface area (Å²) < 4.78 is 11.7. The Morgan fingerprint density at radius 1 is 0.759 bits per heavy atom. The molecule has 0 N–H and O–H groups in total. The first kappa shape index (κ1) is 23.8. The van der Waals surface area contributed by atoms with Crippen molar-refractivity contribution in [3.05, 3.63) is 36.4 Å². The molecule has 0 aliphatic heterocycles. The van der Waals surface area contributed by atoms with E-state index in [9.17, 15) is 0 Å². The van der Waals surface area contributed by atoms with Gasteiger partial charge in [-0.25, -0.2) is 0 Å². The first-order valence-electron chi connectivity index (χ1n) is 12.3. The second-order valence-electron chi connectivity index (χ2n) is 8.75. The van der Waals surface area contributed by atoms with Crippen molar-refractivity contribution >= 4 is 0 Å². The van der Waals surface area contributed by atoms with Gasteiger partial charge in [0, 0.05) is 0 Å². The molecule has 1 saturated carbocycles. The minimum Gasteiger partial charge on any atom is -0.494 e. The lowest BCUT2D eigenvalue weighted by Gasteiger charge is -2.26. The van der Waals surface area contributed by atoms with E-state index in [1.807, 2.05) is 24.3 Å². The molecule has 2 heteroatoms. The first-order valence-corrected chi connectivity index (χ1v) is 12.3. The van der Waals surface area contributed by atoms with Crippen LogP contribution in [0.1, 0.15) is 97.3 Å². The van der Waals surface area contributed by atoms with E-state index in [0.717, 1.165) is 36.4 Å². The number of hydrogen-bond acceptors (Lipinski definition) is 2. The second-order valence-corrected chi connectivity index (χ2v) is 8.75. The second kappa shape index (κ2) is 15.4. The fraction of sp³-hybridized carbons (Fsp3) is 0.704. The highest BCUT2D eigenvalue weighted by molar-refractivity contribution is 5.31. The van der Waals surface area contributed by atoms with Crippen molar-refractivity contribution in [2.75, 3.05) is 13.2 Å². The average molecular weight is 401 g/mol. The largest absolute Gasteiger partial charge is 0.494 e. The number of benzene rings is 1. The van der Waals surface area contributed by atoms with E-state index in [2.05, 4.69) is 26.0 Å². The van der Waals surface area contributed by atoms with Crippen LogP contribution >= 0.6 is 0 Å². The highest BCUT2D eigenvalue weighted by Gasteiger charge is 2.18. The Morgan fingerprint density at radius 3 is 2.07 bits per heavy atom. The van der Waals surface area contributed by atoms with E-state index in [4.69, 9.17) is 9.47 Å². The maximum absolute atomic E-state index is 5.87. The molecule has 1 aliphatic rings. The fourth-order valence-electron chi connectivity index (χ4n) is 4.27. The minimum absolute atomic E-state index is 0.661. The molecule has 1 aliphatic carbocycles. The van der Waals surface area contributed by atoms with Crippen molar-refractivity contribution in [1.82, 2.24) is 0 Å². The predicted octanol–water partition coefficient (Wildman–Crippen LogP) is 8.36. The smallest absolute Gasteiger partial charge is 0.120 e. The Bertz CT molecular complexity index is 526. The maximum atomic E-state index is 5.87. The third-order valence-electron chi connectivity index (χ3n) is 6.20. The summed E-state index contributed by atoms with van der Waals surface area (Å²) in [6.07, 6.45) is 22.1. The lowest BCUT2D eigenvalue weighted by molar-refractivity contribution is 0.288. The number of unbranched alkanes of at least 4 members (excludes halogenated alkanes) is 6. The molecule has 0 atom stereocenters. The van der Waals surface area contributed by atoms with Gasteiger partial charge in [0.1, 0.15) is 18.1 Å². The molecular weight excluding hydrogens is 356 g/mol. The number of rotatable bonds is 15. The molecular formula is C27H44O2. The molecule has 0 aromatic heterocycles. The van der Waals surface area contributed by atoms with E-state index in [-0.39, 0.29) is 0 Å². The van der Waals surface area contributed by atoms with E-state index in [1.165, 1.54) is 77.0 Å². The summed E-state index contributed by atoms with van der Waals surface area (Å²) in [6.45, 7) is 6.01. The lowest BCUT2D eigenvalue weighted by Crippen LogP contribution is -2.13. The van der Waals surface area contributed by atoms with Crippen LogP contribution in [0.15, 0.2) is 36.4 Å². The molecule has 164 valence electrons. The molecule has 0 spiro atoms. The van der Waals surface area contributed by atoms with Crippen LogP contribution in [-0.2, 0) is 0 Å². The van der Waals surface area contributed by atoms with Crippen molar-refractivity contribution in [3.63, 3.8) is 0 Å². The van der Waals surface area contributed by atoms with Gasteiger partial charge in [0.05, 0.1) is 6.61 Å².